The van der Waals surface area contributed by atoms with Gasteiger partial charge >= 0.3 is 0 Å². The van der Waals surface area contributed by atoms with E-state index in [1.165, 1.54) is 0 Å². The second-order valence-corrected chi connectivity index (χ2v) is 0.656. The third kappa shape index (κ3) is 1.49. The van der Waals surface area contributed by atoms with Gasteiger partial charge in [0.15, 0.2) is 0 Å². The fourth-order valence-corrected chi connectivity index (χ4v) is 0.167. The average Bonchev–Trinajstić information content (AvgIpc) is 1.76. The van der Waals surface area contributed by atoms with Gasteiger partial charge in [0, 0.05) is 27.3 Å². The van der Waals surface area contributed by atoms with Gasteiger partial charge in [-0.05, 0) is 0 Å². The molecule has 0 radical (unpaired) electrons. The van der Waals surface area contributed by atoms with E-state index >= 15 is 0 Å². The fourth-order valence-electron chi connectivity index (χ4n) is 0.167. The SMILES string of the molecule is [Cd].c1cn[nH]n1. The van der Waals surface area contributed by atoms with Crippen molar-refractivity contribution in [2.45, 2.75) is 0 Å². The molecule has 0 saturated heterocycles. The van der Waals surface area contributed by atoms with Gasteiger partial charge in [0.1, 0.15) is 0 Å². The van der Waals surface area contributed by atoms with Crippen molar-refractivity contribution >= 4 is 0 Å². The number of aromatic amines is 1. The van der Waals surface area contributed by atoms with Crippen molar-refractivity contribution in [3.05, 3.63) is 12.4 Å². The van der Waals surface area contributed by atoms with E-state index in [1.807, 2.05) is 0 Å². The Morgan fingerprint density at radius 1 is 1.17 bits per heavy atom. The molecule has 0 spiro atoms. The molecule has 1 heterocycles. The second-order valence-electron chi connectivity index (χ2n) is 0.656. The van der Waals surface area contributed by atoms with E-state index in [-0.39, 0.29) is 27.3 Å². The zero-order valence-electron chi connectivity index (χ0n) is 3.26. The summed E-state index contributed by atoms with van der Waals surface area (Å²) in [5.41, 5.74) is 0. The third-order valence-corrected chi connectivity index (χ3v) is 0.331. The van der Waals surface area contributed by atoms with E-state index in [2.05, 4.69) is 15.4 Å². The first-order valence-electron chi connectivity index (χ1n) is 1.30. The molecule has 0 atom stereocenters. The molecule has 1 aromatic heterocycles. The van der Waals surface area contributed by atoms with Crippen LogP contribution in [0.3, 0.4) is 0 Å². The number of nitrogens with zero attached hydrogens (tertiary/aromatic N) is 2. The normalized spacial score (nSPS) is 6.67. The van der Waals surface area contributed by atoms with Gasteiger partial charge in [-0.2, -0.15) is 15.4 Å². The summed E-state index contributed by atoms with van der Waals surface area (Å²) in [7, 11) is 0. The molecule has 1 N–H and O–H groups in total. The van der Waals surface area contributed by atoms with Gasteiger partial charge in [-0.1, -0.05) is 0 Å². The van der Waals surface area contributed by atoms with Crippen LogP contribution in [0.15, 0.2) is 12.4 Å². The van der Waals surface area contributed by atoms with Crippen LogP contribution in [-0.2, 0) is 27.3 Å². The molecule has 6 heavy (non-hydrogen) atoms. The minimum atomic E-state index is 0. The number of aromatic nitrogens is 3. The minimum Gasteiger partial charge on any atom is -0.198 e. The molecule has 0 aliphatic rings. The molecule has 28 valence electrons. The van der Waals surface area contributed by atoms with Gasteiger partial charge in [0.05, 0.1) is 12.4 Å². The summed E-state index contributed by atoms with van der Waals surface area (Å²) in [4.78, 5) is 0. The minimum absolute atomic E-state index is 0. The van der Waals surface area contributed by atoms with Crippen molar-refractivity contribution in [3.63, 3.8) is 0 Å². The Kier molecular flexibility index (Phi) is 3.29. The molecule has 0 fully saturated rings. The summed E-state index contributed by atoms with van der Waals surface area (Å²) in [6, 6.07) is 0. The van der Waals surface area contributed by atoms with E-state index in [9.17, 15) is 0 Å². The van der Waals surface area contributed by atoms with Crippen LogP contribution in [0.2, 0.25) is 0 Å². The van der Waals surface area contributed by atoms with Crippen molar-refractivity contribution in [2.24, 2.45) is 0 Å². The van der Waals surface area contributed by atoms with Crippen molar-refractivity contribution in [1.82, 2.24) is 15.4 Å². The maximum atomic E-state index is 3.49. The standard InChI is InChI=1S/C2H3N3.Cd/c1-2-4-5-3-1;/h1-2H,(H,3,4,5);. The van der Waals surface area contributed by atoms with Gasteiger partial charge in [0.2, 0.25) is 0 Å². The van der Waals surface area contributed by atoms with Gasteiger partial charge < -0.3 is 0 Å². The Labute approximate surface area is 55.3 Å². The van der Waals surface area contributed by atoms with Crippen LogP contribution in [0.4, 0.5) is 0 Å². The fraction of sp³-hybridized carbons (Fsp3) is 0. The summed E-state index contributed by atoms with van der Waals surface area (Å²) in [5, 5.41) is 9.33. The third-order valence-electron chi connectivity index (χ3n) is 0.331. The van der Waals surface area contributed by atoms with E-state index < -0.39 is 0 Å². The molecular weight excluding hydrogens is 178 g/mol. The van der Waals surface area contributed by atoms with Crippen molar-refractivity contribution in [3.8, 4) is 0 Å². The predicted molar refractivity (Wildman–Crippen MR) is 16.4 cm³/mol. The quantitative estimate of drug-likeness (QED) is 0.564. The number of rotatable bonds is 0. The Hall–Kier alpha value is 0.0621. The number of nitrogens with one attached hydrogen (secondary N) is 1. The second kappa shape index (κ2) is 3.26. The molecule has 1 aromatic rings. The summed E-state index contributed by atoms with van der Waals surface area (Å²) < 4.78 is 0. The molecule has 0 unspecified atom stereocenters. The Balaban J connectivity index is 0.000000250. The van der Waals surface area contributed by atoms with Crippen LogP contribution in [-0.4, -0.2) is 15.4 Å². The predicted octanol–water partition coefficient (Wildman–Crippen LogP) is -0.198. The maximum absolute atomic E-state index is 3.49. The molecular formula is C2H3CdN3. The van der Waals surface area contributed by atoms with Crippen LogP contribution in [0.5, 0.6) is 0 Å². The van der Waals surface area contributed by atoms with Crippen LogP contribution in [0.25, 0.3) is 0 Å². The van der Waals surface area contributed by atoms with Gasteiger partial charge in [-0.3, -0.25) is 0 Å². The maximum Gasteiger partial charge on any atom is 0.0690 e. The molecule has 0 aromatic carbocycles. The molecule has 0 saturated carbocycles. The van der Waals surface area contributed by atoms with E-state index in [4.69, 9.17) is 0 Å². The van der Waals surface area contributed by atoms with E-state index in [0.717, 1.165) is 0 Å². The Morgan fingerprint density at radius 3 is 1.83 bits per heavy atom. The summed E-state index contributed by atoms with van der Waals surface area (Å²) in [6.45, 7) is 0. The number of hydrogen-bond donors (Lipinski definition) is 1. The number of hydrogen-bond acceptors (Lipinski definition) is 2. The van der Waals surface area contributed by atoms with Gasteiger partial charge in [-0.15, -0.1) is 0 Å². The molecule has 1 rings (SSSR count). The molecule has 4 heteroatoms. The molecule has 0 bridgehead atoms. The van der Waals surface area contributed by atoms with Crippen LogP contribution >= 0.6 is 0 Å². The zero-order valence-corrected chi connectivity index (χ0v) is 7.29. The Morgan fingerprint density at radius 2 is 1.67 bits per heavy atom. The molecule has 3 nitrogen and oxygen atoms in total. The summed E-state index contributed by atoms with van der Waals surface area (Å²) in [6.07, 6.45) is 3.17. The van der Waals surface area contributed by atoms with E-state index in [1.54, 1.807) is 12.4 Å². The molecule has 0 aliphatic heterocycles. The Bertz CT molecular complexity index is 65.3. The molecule has 0 aliphatic carbocycles. The first-order valence-corrected chi connectivity index (χ1v) is 1.30. The van der Waals surface area contributed by atoms with Gasteiger partial charge in [-0.25, -0.2) is 0 Å². The van der Waals surface area contributed by atoms with Gasteiger partial charge in [0.25, 0.3) is 0 Å². The smallest absolute Gasteiger partial charge is 0.0690 e. The first-order chi connectivity index (χ1) is 2.50. The first kappa shape index (κ1) is 6.06. The van der Waals surface area contributed by atoms with Crippen LogP contribution in [0.1, 0.15) is 0 Å². The topological polar surface area (TPSA) is 41.6 Å². The summed E-state index contributed by atoms with van der Waals surface area (Å²) in [5.74, 6) is 0. The van der Waals surface area contributed by atoms with Crippen LogP contribution < -0.4 is 0 Å². The zero-order chi connectivity index (χ0) is 3.54. The van der Waals surface area contributed by atoms with Crippen molar-refractivity contribution < 1.29 is 27.3 Å². The summed E-state index contributed by atoms with van der Waals surface area (Å²) >= 11 is 0. The van der Waals surface area contributed by atoms with Crippen LogP contribution in [0, 0.1) is 0 Å². The largest absolute Gasteiger partial charge is 0.198 e. The van der Waals surface area contributed by atoms with E-state index in [0.29, 0.717) is 0 Å². The number of H-pyrrole nitrogens is 1. The molecule has 0 amide bonds. The van der Waals surface area contributed by atoms with Crippen molar-refractivity contribution in [1.29, 1.82) is 0 Å². The van der Waals surface area contributed by atoms with Crippen molar-refractivity contribution in [2.75, 3.05) is 0 Å². The monoisotopic (exact) mass is 183 g/mol. The average molecular weight is 181 g/mol.